The van der Waals surface area contributed by atoms with E-state index in [1.807, 2.05) is 0 Å². The van der Waals surface area contributed by atoms with E-state index < -0.39 is 11.7 Å². The molecular formula is C15H19BrFNO2. The molecule has 1 aliphatic rings. The van der Waals surface area contributed by atoms with Crippen LogP contribution in [-0.4, -0.2) is 22.9 Å². The van der Waals surface area contributed by atoms with Gasteiger partial charge in [-0.3, -0.25) is 4.79 Å². The average Bonchev–Trinajstić information content (AvgIpc) is 2.45. The first-order chi connectivity index (χ1) is 9.63. The number of benzene rings is 1. The van der Waals surface area contributed by atoms with E-state index >= 15 is 0 Å². The van der Waals surface area contributed by atoms with Crippen molar-refractivity contribution in [2.24, 2.45) is 11.8 Å². The van der Waals surface area contributed by atoms with E-state index in [1.54, 1.807) is 0 Å². The standard InChI is InChI=1S/C15H19BrFNO2/c16-8-10-4-1-2-5-11(10)9-18-15(20)14-12(17)6-3-7-13(14)19/h3,6-7,10-11,19H,1-2,4-5,8-9H2,(H,18,20). The zero-order valence-corrected chi connectivity index (χ0v) is 12.8. The summed E-state index contributed by atoms with van der Waals surface area (Å²) in [5.41, 5.74) is -0.265. The van der Waals surface area contributed by atoms with E-state index in [1.165, 1.54) is 31.0 Å². The number of carbonyl (C=O) groups is 1. The number of phenols is 1. The number of alkyl halides is 1. The molecule has 1 amide bonds. The smallest absolute Gasteiger partial charge is 0.258 e. The second kappa shape index (κ2) is 7.07. The summed E-state index contributed by atoms with van der Waals surface area (Å²) in [5.74, 6) is -0.579. The topological polar surface area (TPSA) is 49.3 Å². The van der Waals surface area contributed by atoms with E-state index in [0.29, 0.717) is 18.4 Å². The van der Waals surface area contributed by atoms with Crippen molar-refractivity contribution in [1.29, 1.82) is 0 Å². The number of phenolic OH excluding ortho intramolecular Hbond substituents is 1. The van der Waals surface area contributed by atoms with Crippen molar-refractivity contribution in [2.45, 2.75) is 25.7 Å². The molecule has 1 aromatic rings. The number of hydrogen-bond acceptors (Lipinski definition) is 2. The Balaban J connectivity index is 1.98. The van der Waals surface area contributed by atoms with Gasteiger partial charge in [0.05, 0.1) is 0 Å². The highest BCUT2D eigenvalue weighted by molar-refractivity contribution is 9.09. The van der Waals surface area contributed by atoms with Crippen molar-refractivity contribution in [2.75, 3.05) is 11.9 Å². The lowest BCUT2D eigenvalue weighted by Gasteiger charge is -2.30. The zero-order valence-electron chi connectivity index (χ0n) is 11.2. The molecule has 0 saturated heterocycles. The van der Waals surface area contributed by atoms with Crippen LogP contribution in [0.15, 0.2) is 18.2 Å². The predicted octanol–water partition coefficient (Wildman–Crippen LogP) is 3.46. The van der Waals surface area contributed by atoms with Crippen LogP contribution in [0.3, 0.4) is 0 Å². The van der Waals surface area contributed by atoms with Gasteiger partial charge in [-0.15, -0.1) is 0 Å². The zero-order chi connectivity index (χ0) is 14.5. The molecule has 0 aliphatic heterocycles. The van der Waals surface area contributed by atoms with Gasteiger partial charge in [-0.25, -0.2) is 4.39 Å². The Bertz CT molecular complexity index is 461. The molecule has 2 rings (SSSR count). The fourth-order valence-electron chi connectivity index (χ4n) is 2.81. The summed E-state index contributed by atoms with van der Waals surface area (Å²) in [6.07, 6.45) is 4.65. The van der Waals surface area contributed by atoms with Gasteiger partial charge in [-0.05, 0) is 36.8 Å². The second-order valence-electron chi connectivity index (χ2n) is 5.30. The molecule has 2 N–H and O–H groups in total. The third-order valence-corrected chi connectivity index (χ3v) is 4.84. The minimum atomic E-state index is -0.691. The maximum Gasteiger partial charge on any atom is 0.258 e. The monoisotopic (exact) mass is 343 g/mol. The molecule has 5 heteroatoms. The first kappa shape index (κ1) is 15.3. The third-order valence-electron chi connectivity index (χ3n) is 4.01. The molecule has 2 atom stereocenters. The largest absolute Gasteiger partial charge is 0.507 e. The molecule has 2 unspecified atom stereocenters. The molecule has 0 bridgehead atoms. The Hall–Kier alpha value is -1.10. The molecule has 110 valence electrons. The van der Waals surface area contributed by atoms with Crippen molar-refractivity contribution in [3.05, 3.63) is 29.6 Å². The molecule has 1 aliphatic carbocycles. The quantitative estimate of drug-likeness (QED) is 0.822. The van der Waals surface area contributed by atoms with Gasteiger partial charge in [-0.2, -0.15) is 0 Å². The van der Waals surface area contributed by atoms with Crippen LogP contribution in [0.4, 0.5) is 4.39 Å². The number of amides is 1. The Labute approximate surface area is 126 Å². The fourth-order valence-corrected chi connectivity index (χ4v) is 3.66. The molecule has 1 fully saturated rings. The molecule has 1 saturated carbocycles. The highest BCUT2D eigenvalue weighted by Crippen LogP contribution is 2.31. The predicted molar refractivity (Wildman–Crippen MR) is 79.6 cm³/mol. The SMILES string of the molecule is O=C(NCC1CCCCC1CBr)c1c(O)cccc1F. The van der Waals surface area contributed by atoms with E-state index in [4.69, 9.17) is 0 Å². The van der Waals surface area contributed by atoms with Gasteiger partial charge in [0.25, 0.3) is 5.91 Å². The summed E-state index contributed by atoms with van der Waals surface area (Å²) in [6, 6.07) is 3.87. The van der Waals surface area contributed by atoms with Crippen molar-refractivity contribution in [3.63, 3.8) is 0 Å². The molecule has 3 nitrogen and oxygen atoms in total. The first-order valence-electron chi connectivity index (χ1n) is 6.95. The third kappa shape index (κ3) is 3.51. The summed E-state index contributed by atoms with van der Waals surface area (Å²) >= 11 is 3.51. The van der Waals surface area contributed by atoms with Crippen LogP contribution in [0.1, 0.15) is 36.0 Å². The average molecular weight is 344 g/mol. The van der Waals surface area contributed by atoms with E-state index in [0.717, 1.165) is 18.2 Å². The van der Waals surface area contributed by atoms with Crippen LogP contribution < -0.4 is 5.32 Å². The Morgan fingerprint density at radius 2 is 2.05 bits per heavy atom. The number of carbonyl (C=O) groups excluding carboxylic acids is 1. The number of halogens is 2. The maximum atomic E-state index is 13.6. The lowest BCUT2D eigenvalue weighted by Crippen LogP contribution is -2.35. The highest BCUT2D eigenvalue weighted by Gasteiger charge is 2.25. The van der Waals surface area contributed by atoms with Crippen molar-refractivity contribution < 1.29 is 14.3 Å². The number of nitrogens with one attached hydrogen (secondary N) is 1. The Morgan fingerprint density at radius 3 is 2.70 bits per heavy atom. The molecule has 0 aromatic heterocycles. The Kier molecular flexibility index (Phi) is 5.40. The fraction of sp³-hybridized carbons (Fsp3) is 0.533. The minimum Gasteiger partial charge on any atom is -0.507 e. The number of aromatic hydroxyl groups is 1. The number of hydrogen-bond donors (Lipinski definition) is 2. The first-order valence-corrected chi connectivity index (χ1v) is 8.07. The van der Waals surface area contributed by atoms with Gasteiger partial charge in [-0.1, -0.05) is 34.8 Å². The van der Waals surface area contributed by atoms with Gasteiger partial charge in [0.2, 0.25) is 0 Å². The van der Waals surface area contributed by atoms with Crippen LogP contribution in [0, 0.1) is 17.7 Å². The van der Waals surface area contributed by atoms with Crippen LogP contribution in [0.2, 0.25) is 0 Å². The van der Waals surface area contributed by atoms with Crippen LogP contribution in [0.25, 0.3) is 0 Å². The van der Waals surface area contributed by atoms with Gasteiger partial charge < -0.3 is 10.4 Å². The summed E-state index contributed by atoms with van der Waals surface area (Å²) in [6.45, 7) is 0.531. The van der Waals surface area contributed by atoms with Crippen LogP contribution in [-0.2, 0) is 0 Å². The molecule has 20 heavy (non-hydrogen) atoms. The van der Waals surface area contributed by atoms with Crippen molar-refractivity contribution in [1.82, 2.24) is 5.32 Å². The van der Waals surface area contributed by atoms with Gasteiger partial charge >= 0.3 is 0 Å². The number of rotatable bonds is 4. The summed E-state index contributed by atoms with van der Waals surface area (Å²) in [5, 5.41) is 13.3. The summed E-state index contributed by atoms with van der Waals surface area (Å²) in [7, 11) is 0. The Morgan fingerprint density at radius 1 is 1.35 bits per heavy atom. The van der Waals surface area contributed by atoms with Crippen molar-refractivity contribution >= 4 is 21.8 Å². The lowest BCUT2D eigenvalue weighted by molar-refractivity contribution is 0.0930. The maximum absolute atomic E-state index is 13.6. The normalized spacial score (nSPS) is 22.5. The molecule has 0 radical (unpaired) electrons. The summed E-state index contributed by atoms with van der Waals surface area (Å²) < 4.78 is 13.6. The summed E-state index contributed by atoms with van der Waals surface area (Å²) in [4.78, 5) is 12.0. The van der Waals surface area contributed by atoms with Gasteiger partial charge in [0, 0.05) is 11.9 Å². The van der Waals surface area contributed by atoms with Gasteiger partial charge in [0.1, 0.15) is 17.1 Å². The lowest BCUT2D eigenvalue weighted by atomic mass is 9.80. The van der Waals surface area contributed by atoms with Crippen LogP contribution in [0.5, 0.6) is 5.75 Å². The van der Waals surface area contributed by atoms with E-state index in [-0.39, 0.29) is 11.3 Å². The van der Waals surface area contributed by atoms with Crippen LogP contribution >= 0.6 is 15.9 Å². The molecule has 1 aromatic carbocycles. The van der Waals surface area contributed by atoms with E-state index in [2.05, 4.69) is 21.2 Å². The minimum absolute atomic E-state index is 0.265. The molecule has 0 spiro atoms. The van der Waals surface area contributed by atoms with Crippen molar-refractivity contribution in [3.8, 4) is 5.75 Å². The molecular weight excluding hydrogens is 325 g/mol. The molecule has 0 heterocycles. The van der Waals surface area contributed by atoms with Gasteiger partial charge in [0.15, 0.2) is 0 Å². The second-order valence-corrected chi connectivity index (χ2v) is 5.95. The van der Waals surface area contributed by atoms with E-state index in [9.17, 15) is 14.3 Å². The highest BCUT2D eigenvalue weighted by atomic mass is 79.9.